The van der Waals surface area contributed by atoms with E-state index >= 15 is 0 Å². The number of benzene rings is 1. The average molecular weight is 320 g/mol. The summed E-state index contributed by atoms with van der Waals surface area (Å²) in [5.74, 6) is -0.341. The minimum atomic E-state index is -0.555. The zero-order valence-corrected chi connectivity index (χ0v) is 13.8. The van der Waals surface area contributed by atoms with Gasteiger partial charge in [-0.3, -0.25) is 0 Å². The molecule has 0 saturated heterocycles. The standard InChI is InChI=1S/C16H20N2O3S/c1-4-21-13(15(19)20-3)9-11-5-7-12(8-6-11)14-10-18-16(17-2)22-14/h5-8,10,13H,4,9H2,1-3H3,(H,17,18). The van der Waals surface area contributed by atoms with E-state index < -0.39 is 6.10 Å². The lowest BCUT2D eigenvalue weighted by Gasteiger charge is -2.14. The van der Waals surface area contributed by atoms with Crippen LogP contribution < -0.4 is 5.32 Å². The quantitative estimate of drug-likeness (QED) is 0.795. The van der Waals surface area contributed by atoms with Gasteiger partial charge < -0.3 is 14.8 Å². The molecule has 6 heteroatoms. The van der Waals surface area contributed by atoms with Crippen LogP contribution in [0.4, 0.5) is 5.13 Å². The number of aromatic nitrogens is 1. The minimum Gasteiger partial charge on any atom is -0.467 e. The normalized spacial score (nSPS) is 12.0. The first-order valence-electron chi connectivity index (χ1n) is 7.10. The largest absolute Gasteiger partial charge is 0.467 e. The molecule has 0 aliphatic carbocycles. The Hall–Kier alpha value is -1.92. The van der Waals surface area contributed by atoms with E-state index in [1.807, 2.05) is 44.4 Å². The topological polar surface area (TPSA) is 60.5 Å². The molecule has 118 valence electrons. The number of anilines is 1. The van der Waals surface area contributed by atoms with Crippen LogP contribution in [0.15, 0.2) is 30.5 Å². The fourth-order valence-electron chi connectivity index (χ4n) is 2.09. The molecule has 1 atom stereocenters. The number of rotatable bonds is 7. The van der Waals surface area contributed by atoms with Gasteiger partial charge in [-0.25, -0.2) is 9.78 Å². The Kier molecular flexibility index (Phi) is 5.91. The number of thiazole rings is 1. The molecule has 1 unspecified atom stereocenters. The molecule has 0 aliphatic rings. The molecule has 0 amide bonds. The molecule has 0 aliphatic heterocycles. The number of ether oxygens (including phenoxy) is 2. The van der Waals surface area contributed by atoms with Gasteiger partial charge in [-0.2, -0.15) is 0 Å². The number of nitrogens with zero attached hydrogens (tertiary/aromatic N) is 1. The van der Waals surface area contributed by atoms with E-state index in [0.29, 0.717) is 13.0 Å². The number of hydrogen-bond donors (Lipinski definition) is 1. The lowest BCUT2D eigenvalue weighted by atomic mass is 10.1. The summed E-state index contributed by atoms with van der Waals surface area (Å²) in [6.45, 7) is 2.34. The summed E-state index contributed by atoms with van der Waals surface area (Å²) in [6.07, 6.45) is 1.80. The summed E-state index contributed by atoms with van der Waals surface area (Å²) in [7, 11) is 3.23. The van der Waals surface area contributed by atoms with Crippen molar-refractivity contribution in [2.45, 2.75) is 19.4 Å². The van der Waals surface area contributed by atoms with Crippen molar-refractivity contribution in [2.24, 2.45) is 0 Å². The maximum absolute atomic E-state index is 11.7. The predicted molar refractivity (Wildman–Crippen MR) is 88.2 cm³/mol. The van der Waals surface area contributed by atoms with Gasteiger partial charge in [0.05, 0.1) is 12.0 Å². The zero-order chi connectivity index (χ0) is 15.9. The van der Waals surface area contributed by atoms with Gasteiger partial charge in [0.15, 0.2) is 11.2 Å². The summed E-state index contributed by atoms with van der Waals surface area (Å²) >= 11 is 1.60. The molecule has 22 heavy (non-hydrogen) atoms. The summed E-state index contributed by atoms with van der Waals surface area (Å²) in [5.41, 5.74) is 2.14. The fourth-order valence-corrected chi connectivity index (χ4v) is 2.86. The van der Waals surface area contributed by atoms with Gasteiger partial charge in [0.1, 0.15) is 0 Å². The van der Waals surface area contributed by atoms with Crippen molar-refractivity contribution < 1.29 is 14.3 Å². The van der Waals surface area contributed by atoms with Crippen molar-refractivity contribution in [3.8, 4) is 10.4 Å². The highest BCUT2D eigenvalue weighted by Gasteiger charge is 2.19. The highest BCUT2D eigenvalue weighted by atomic mass is 32.1. The molecule has 0 fully saturated rings. The van der Waals surface area contributed by atoms with Gasteiger partial charge in [0.2, 0.25) is 0 Å². The molecule has 5 nitrogen and oxygen atoms in total. The predicted octanol–water partition coefficient (Wildman–Crippen LogP) is 2.97. The van der Waals surface area contributed by atoms with Gasteiger partial charge in [-0.1, -0.05) is 35.6 Å². The van der Waals surface area contributed by atoms with Crippen molar-refractivity contribution in [1.29, 1.82) is 0 Å². The molecule has 0 radical (unpaired) electrons. The number of carbonyl (C=O) groups excluding carboxylic acids is 1. The van der Waals surface area contributed by atoms with E-state index in [0.717, 1.165) is 21.1 Å². The van der Waals surface area contributed by atoms with Crippen molar-refractivity contribution in [2.75, 3.05) is 26.1 Å². The monoisotopic (exact) mass is 320 g/mol. The van der Waals surface area contributed by atoms with Gasteiger partial charge in [0.25, 0.3) is 0 Å². The van der Waals surface area contributed by atoms with Crippen LogP contribution >= 0.6 is 11.3 Å². The van der Waals surface area contributed by atoms with E-state index in [4.69, 9.17) is 9.47 Å². The summed E-state index contributed by atoms with van der Waals surface area (Å²) in [4.78, 5) is 17.0. The second-order valence-electron chi connectivity index (χ2n) is 4.65. The maximum atomic E-state index is 11.7. The first-order chi connectivity index (χ1) is 10.7. The summed E-state index contributed by atoms with van der Waals surface area (Å²) in [6, 6.07) is 8.07. The van der Waals surface area contributed by atoms with Crippen LogP contribution in [0, 0.1) is 0 Å². The van der Waals surface area contributed by atoms with E-state index in [9.17, 15) is 4.79 Å². The van der Waals surface area contributed by atoms with Crippen LogP contribution in [0.3, 0.4) is 0 Å². The second kappa shape index (κ2) is 7.91. The highest BCUT2D eigenvalue weighted by molar-refractivity contribution is 7.18. The van der Waals surface area contributed by atoms with Crippen LogP contribution in [0.5, 0.6) is 0 Å². The Labute approximate surface area is 134 Å². The Morgan fingerprint density at radius 2 is 2.09 bits per heavy atom. The molecule has 1 heterocycles. The Morgan fingerprint density at radius 1 is 1.36 bits per heavy atom. The molecule has 0 bridgehead atoms. The third-order valence-corrected chi connectivity index (χ3v) is 4.27. The molecule has 2 rings (SSSR count). The smallest absolute Gasteiger partial charge is 0.335 e. The van der Waals surface area contributed by atoms with Crippen molar-refractivity contribution in [3.05, 3.63) is 36.0 Å². The summed E-state index contributed by atoms with van der Waals surface area (Å²) in [5, 5.41) is 3.92. The van der Waals surface area contributed by atoms with Crippen LogP contribution in [-0.4, -0.2) is 37.8 Å². The Bertz CT molecular complexity index is 610. The molecule has 2 aromatic rings. The van der Waals surface area contributed by atoms with Gasteiger partial charge >= 0.3 is 5.97 Å². The second-order valence-corrected chi connectivity index (χ2v) is 5.68. The van der Waals surface area contributed by atoms with E-state index in [-0.39, 0.29) is 5.97 Å². The van der Waals surface area contributed by atoms with E-state index in [2.05, 4.69) is 10.3 Å². The van der Waals surface area contributed by atoms with Crippen LogP contribution in [0.2, 0.25) is 0 Å². The Balaban J connectivity index is 2.09. The van der Waals surface area contributed by atoms with Gasteiger partial charge in [-0.05, 0) is 18.1 Å². The van der Waals surface area contributed by atoms with Gasteiger partial charge in [-0.15, -0.1) is 0 Å². The first kappa shape index (κ1) is 16.5. The highest BCUT2D eigenvalue weighted by Crippen LogP contribution is 2.28. The first-order valence-corrected chi connectivity index (χ1v) is 7.92. The minimum absolute atomic E-state index is 0.341. The van der Waals surface area contributed by atoms with Crippen molar-refractivity contribution in [3.63, 3.8) is 0 Å². The lowest BCUT2D eigenvalue weighted by molar-refractivity contribution is -0.153. The van der Waals surface area contributed by atoms with Crippen molar-refractivity contribution in [1.82, 2.24) is 4.98 Å². The number of hydrogen-bond acceptors (Lipinski definition) is 6. The van der Waals surface area contributed by atoms with Gasteiger partial charge in [0, 0.05) is 26.3 Å². The zero-order valence-electron chi connectivity index (χ0n) is 13.0. The molecule has 0 saturated carbocycles. The van der Waals surface area contributed by atoms with Crippen LogP contribution in [0.25, 0.3) is 10.4 Å². The number of methoxy groups -OCH3 is 1. The molecule has 1 N–H and O–H groups in total. The third-order valence-electron chi connectivity index (χ3n) is 3.21. The Morgan fingerprint density at radius 3 is 2.64 bits per heavy atom. The molecule has 1 aromatic carbocycles. The van der Waals surface area contributed by atoms with Crippen molar-refractivity contribution >= 4 is 22.4 Å². The third kappa shape index (κ3) is 4.05. The molecular weight excluding hydrogens is 300 g/mol. The van der Waals surface area contributed by atoms with E-state index in [1.165, 1.54) is 7.11 Å². The average Bonchev–Trinajstić information content (AvgIpc) is 3.03. The fraction of sp³-hybridized carbons (Fsp3) is 0.375. The van der Waals surface area contributed by atoms with Crippen LogP contribution in [-0.2, 0) is 20.7 Å². The summed E-state index contributed by atoms with van der Waals surface area (Å²) < 4.78 is 10.2. The lowest BCUT2D eigenvalue weighted by Crippen LogP contribution is -2.28. The van der Waals surface area contributed by atoms with Crippen LogP contribution in [0.1, 0.15) is 12.5 Å². The number of nitrogens with one attached hydrogen (secondary N) is 1. The molecular formula is C16H20N2O3S. The number of esters is 1. The number of carbonyl (C=O) groups is 1. The molecule has 0 spiro atoms. The molecule has 1 aromatic heterocycles. The maximum Gasteiger partial charge on any atom is 0.335 e. The SMILES string of the molecule is CCOC(Cc1ccc(-c2cnc(NC)s2)cc1)C(=O)OC. The van der Waals surface area contributed by atoms with E-state index in [1.54, 1.807) is 11.3 Å².